The summed E-state index contributed by atoms with van der Waals surface area (Å²) in [7, 11) is -1.01. The molecule has 3 nitrogen and oxygen atoms in total. The van der Waals surface area contributed by atoms with E-state index in [0.717, 1.165) is 15.9 Å². The summed E-state index contributed by atoms with van der Waals surface area (Å²) in [5.41, 5.74) is 0. The van der Waals surface area contributed by atoms with E-state index in [1.165, 1.54) is 12.8 Å². The molecule has 1 aromatic rings. The van der Waals surface area contributed by atoms with Crippen LogP contribution in [0.2, 0.25) is 0 Å². The molecule has 0 bridgehead atoms. The Hall–Kier alpha value is -0.680. The third-order valence-electron chi connectivity index (χ3n) is 3.09. The predicted octanol–water partition coefficient (Wildman–Crippen LogP) is 2.86. The zero-order valence-electron chi connectivity index (χ0n) is 10.7. The van der Waals surface area contributed by atoms with E-state index in [0.29, 0.717) is 24.5 Å². The summed E-state index contributed by atoms with van der Waals surface area (Å²) < 4.78 is 13.0. The minimum Gasteiger partial charge on any atom is -0.356 e. The minimum absolute atomic E-state index is 0.0831. The molecule has 0 heterocycles. The van der Waals surface area contributed by atoms with Gasteiger partial charge in [0.2, 0.25) is 5.91 Å². The SMILES string of the molecule is O=C(CCCS(=O)c1ccc(Br)cc1)NCC1CC1. The highest BCUT2D eigenvalue weighted by Crippen LogP contribution is 2.27. The molecule has 0 saturated heterocycles. The van der Waals surface area contributed by atoms with Crippen LogP contribution in [-0.4, -0.2) is 22.4 Å². The van der Waals surface area contributed by atoms with Crippen LogP contribution < -0.4 is 5.32 Å². The average Bonchev–Trinajstić information content (AvgIpc) is 3.21. The number of amides is 1. The van der Waals surface area contributed by atoms with Crippen LogP contribution in [0.15, 0.2) is 33.6 Å². The lowest BCUT2D eigenvalue weighted by atomic mass is 10.3. The van der Waals surface area contributed by atoms with Gasteiger partial charge < -0.3 is 5.32 Å². The van der Waals surface area contributed by atoms with Crippen molar-refractivity contribution < 1.29 is 9.00 Å². The van der Waals surface area contributed by atoms with Gasteiger partial charge in [-0.05, 0) is 49.4 Å². The van der Waals surface area contributed by atoms with E-state index in [9.17, 15) is 9.00 Å². The van der Waals surface area contributed by atoms with Gasteiger partial charge in [-0.15, -0.1) is 0 Å². The molecule has 1 amide bonds. The molecule has 1 saturated carbocycles. The van der Waals surface area contributed by atoms with Gasteiger partial charge in [-0.1, -0.05) is 15.9 Å². The van der Waals surface area contributed by atoms with Crippen LogP contribution in [0.1, 0.15) is 25.7 Å². The fraction of sp³-hybridized carbons (Fsp3) is 0.500. The predicted molar refractivity (Wildman–Crippen MR) is 80.4 cm³/mol. The number of rotatable bonds is 7. The Balaban J connectivity index is 1.65. The number of carbonyl (C=O) groups is 1. The lowest BCUT2D eigenvalue weighted by Gasteiger charge is -2.04. The van der Waals surface area contributed by atoms with Gasteiger partial charge in [0.25, 0.3) is 0 Å². The number of carbonyl (C=O) groups excluding carboxylic acids is 1. The quantitative estimate of drug-likeness (QED) is 0.827. The highest BCUT2D eigenvalue weighted by atomic mass is 79.9. The van der Waals surface area contributed by atoms with Crippen LogP contribution in [0.5, 0.6) is 0 Å². The van der Waals surface area contributed by atoms with Gasteiger partial charge in [0.15, 0.2) is 0 Å². The molecule has 1 unspecified atom stereocenters. The van der Waals surface area contributed by atoms with Crippen molar-refractivity contribution in [3.05, 3.63) is 28.7 Å². The highest BCUT2D eigenvalue weighted by Gasteiger charge is 2.21. The Morgan fingerprint density at radius 2 is 2.00 bits per heavy atom. The van der Waals surface area contributed by atoms with Crippen molar-refractivity contribution in [1.82, 2.24) is 5.32 Å². The van der Waals surface area contributed by atoms with Gasteiger partial charge in [-0.2, -0.15) is 0 Å². The topological polar surface area (TPSA) is 46.2 Å². The second-order valence-electron chi connectivity index (χ2n) is 4.85. The molecule has 0 spiro atoms. The van der Waals surface area contributed by atoms with E-state index in [4.69, 9.17) is 0 Å². The summed E-state index contributed by atoms with van der Waals surface area (Å²) in [4.78, 5) is 12.3. The Labute approximate surface area is 124 Å². The fourth-order valence-electron chi connectivity index (χ4n) is 1.74. The first-order valence-electron chi connectivity index (χ1n) is 6.56. The van der Waals surface area contributed by atoms with Crippen molar-refractivity contribution in [2.24, 2.45) is 5.92 Å². The summed E-state index contributed by atoms with van der Waals surface area (Å²) in [6.45, 7) is 0.814. The van der Waals surface area contributed by atoms with Crippen LogP contribution >= 0.6 is 15.9 Å². The summed E-state index contributed by atoms with van der Waals surface area (Å²) in [5, 5.41) is 2.92. The van der Waals surface area contributed by atoms with Crippen molar-refractivity contribution in [2.45, 2.75) is 30.6 Å². The molecular weight excluding hydrogens is 326 g/mol. The molecule has 0 radical (unpaired) electrons. The average molecular weight is 344 g/mol. The van der Waals surface area contributed by atoms with E-state index < -0.39 is 10.8 Å². The molecule has 5 heteroatoms. The molecule has 1 fully saturated rings. The fourth-order valence-corrected chi connectivity index (χ4v) is 3.08. The van der Waals surface area contributed by atoms with Crippen LogP contribution in [0, 0.1) is 5.92 Å². The van der Waals surface area contributed by atoms with Gasteiger partial charge in [0.05, 0.1) is 10.8 Å². The maximum atomic E-state index is 12.0. The van der Waals surface area contributed by atoms with Crippen molar-refractivity contribution in [1.29, 1.82) is 0 Å². The lowest BCUT2D eigenvalue weighted by molar-refractivity contribution is -0.121. The van der Waals surface area contributed by atoms with Crippen molar-refractivity contribution in [2.75, 3.05) is 12.3 Å². The van der Waals surface area contributed by atoms with Gasteiger partial charge in [0, 0.05) is 28.1 Å². The number of hydrogen-bond acceptors (Lipinski definition) is 2. The van der Waals surface area contributed by atoms with Crippen molar-refractivity contribution in [3.63, 3.8) is 0 Å². The Kier molecular flexibility index (Phi) is 5.58. The summed E-state index contributed by atoms with van der Waals surface area (Å²) >= 11 is 3.35. The molecule has 2 rings (SSSR count). The first-order chi connectivity index (χ1) is 9.15. The van der Waals surface area contributed by atoms with Crippen LogP contribution in [0.3, 0.4) is 0 Å². The second-order valence-corrected chi connectivity index (χ2v) is 7.34. The zero-order chi connectivity index (χ0) is 13.7. The Morgan fingerprint density at radius 1 is 1.32 bits per heavy atom. The number of nitrogens with one attached hydrogen (secondary N) is 1. The van der Waals surface area contributed by atoms with Crippen LogP contribution in [0.25, 0.3) is 0 Å². The van der Waals surface area contributed by atoms with Gasteiger partial charge >= 0.3 is 0 Å². The van der Waals surface area contributed by atoms with Crippen molar-refractivity contribution >= 4 is 32.6 Å². The third kappa shape index (κ3) is 5.45. The van der Waals surface area contributed by atoms with Gasteiger partial charge in [0.1, 0.15) is 0 Å². The molecule has 19 heavy (non-hydrogen) atoms. The molecule has 1 aliphatic rings. The number of hydrogen-bond donors (Lipinski definition) is 1. The molecule has 104 valence electrons. The van der Waals surface area contributed by atoms with E-state index in [1.807, 2.05) is 24.3 Å². The molecule has 0 aromatic heterocycles. The standard InChI is InChI=1S/C14H18BrNO2S/c15-12-5-7-13(8-6-12)19(18)9-1-2-14(17)16-10-11-3-4-11/h5-8,11H,1-4,9-10H2,(H,16,17). The summed E-state index contributed by atoms with van der Waals surface area (Å²) in [6, 6.07) is 7.48. The zero-order valence-corrected chi connectivity index (χ0v) is 13.1. The first-order valence-corrected chi connectivity index (χ1v) is 8.67. The molecule has 1 aromatic carbocycles. The third-order valence-corrected chi connectivity index (χ3v) is 5.08. The van der Waals surface area contributed by atoms with Gasteiger partial charge in [-0.25, -0.2) is 0 Å². The van der Waals surface area contributed by atoms with Gasteiger partial charge in [-0.3, -0.25) is 9.00 Å². The molecule has 1 aliphatic carbocycles. The van der Waals surface area contributed by atoms with Crippen molar-refractivity contribution in [3.8, 4) is 0 Å². The van der Waals surface area contributed by atoms with E-state index in [2.05, 4.69) is 21.2 Å². The maximum Gasteiger partial charge on any atom is 0.220 e. The highest BCUT2D eigenvalue weighted by molar-refractivity contribution is 9.10. The minimum atomic E-state index is -1.01. The Morgan fingerprint density at radius 3 is 2.63 bits per heavy atom. The molecule has 1 N–H and O–H groups in total. The largest absolute Gasteiger partial charge is 0.356 e. The number of halogens is 1. The molecular formula is C14H18BrNO2S. The molecule has 1 atom stereocenters. The molecule has 0 aliphatic heterocycles. The van der Waals surface area contributed by atoms with Crippen LogP contribution in [-0.2, 0) is 15.6 Å². The van der Waals surface area contributed by atoms with E-state index >= 15 is 0 Å². The normalized spacial score (nSPS) is 16.1. The second kappa shape index (κ2) is 7.20. The monoisotopic (exact) mass is 343 g/mol. The number of benzene rings is 1. The Bertz CT molecular complexity index is 457. The van der Waals surface area contributed by atoms with Crippen LogP contribution in [0.4, 0.5) is 0 Å². The summed E-state index contributed by atoms with van der Waals surface area (Å²) in [5.74, 6) is 1.33. The van der Waals surface area contributed by atoms with E-state index in [-0.39, 0.29) is 5.91 Å². The lowest BCUT2D eigenvalue weighted by Crippen LogP contribution is -2.25. The first kappa shape index (κ1) is 14.7. The smallest absolute Gasteiger partial charge is 0.220 e. The maximum absolute atomic E-state index is 12.0. The summed E-state index contributed by atoms with van der Waals surface area (Å²) in [6.07, 6.45) is 3.62. The van der Waals surface area contributed by atoms with E-state index in [1.54, 1.807) is 0 Å².